The Morgan fingerprint density at radius 2 is 1.50 bits per heavy atom. The molecular weight excluding hydrogens is 308 g/mol. The molecule has 0 aromatic heterocycles. The minimum atomic E-state index is -0.558. The maximum atomic E-state index is 12.4. The zero-order valence-electron chi connectivity index (χ0n) is 15.4. The summed E-state index contributed by atoms with van der Waals surface area (Å²) in [5.41, 5.74) is 0.111. The second-order valence-electron chi connectivity index (χ2n) is 7.18. The lowest BCUT2D eigenvalue weighted by atomic mass is 10.1. The van der Waals surface area contributed by atoms with Gasteiger partial charge in [0.2, 0.25) is 0 Å². The van der Waals surface area contributed by atoms with Crippen molar-refractivity contribution in [3.05, 3.63) is 35.4 Å². The number of hydrogen-bond acceptors (Lipinski definition) is 5. The molecule has 1 aromatic rings. The molecule has 5 heteroatoms. The number of rotatable bonds is 7. The first kappa shape index (κ1) is 20.2. The average molecular weight is 336 g/mol. The summed E-state index contributed by atoms with van der Waals surface area (Å²) in [5, 5.41) is 0. The van der Waals surface area contributed by atoms with Gasteiger partial charge in [0.1, 0.15) is 6.10 Å². The molecule has 1 aromatic carbocycles. The first-order valence-electron chi connectivity index (χ1n) is 8.21. The Balaban J connectivity index is 2.75. The monoisotopic (exact) mass is 336 g/mol. The van der Waals surface area contributed by atoms with Crippen molar-refractivity contribution in [2.45, 2.75) is 53.2 Å². The molecular formula is C19H28O5. The van der Waals surface area contributed by atoms with Crippen LogP contribution in [0.1, 0.15) is 62.3 Å². The van der Waals surface area contributed by atoms with Gasteiger partial charge in [0.05, 0.1) is 29.9 Å². The molecule has 134 valence electrons. The zero-order chi connectivity index (χ0) is 18.3. The summed E-state index contributed by atoms with van der Waals surface area (Å²) in [7, 11) is 0. The third-order valence-electron chi connectivity index (χ3n) is 2.97. The largest absolute Gasteiger partial charge is 0.462 e. The van der Waals surface area contributed by atoms with E-state index in [1.165, 1.54) is 0 Å². The van der Waals surface area contributed by atoms with Gasteiger partial charge in [0.15, 0.2) is 0 Å². The van der Waals surface area contributed by atoms with Crippen LogP contribution >= 0.6 is 0 Å². The van der Waals surface area contributed by atoms with Gasteiger partial charge in [0.25, 0.3) is 0 Å². The second-order valence-corrected chi connectivity index (χ2v) is 7.18. The maximum Gasteiger partial charge on any atom is 0.339 e. The Morgan fingerprint density at radius 1 is 0.958 bits per heavy atom. The predicted molar refractivity (Wildman–Crippen MR) is 92.1 cm³/mol. The zero-order valence-corrected chi connectivity index (χ0v) is 15.4. The van der Waals surface area contributed by atoms with Crippen LogP contribution in [0.4, 0.5) is 0 Å². The van der Waals surface area contributed by atoms with Crippen LogP contribution in [0.25, 0.3) is 0 Å². The normalized spacial score (nSPS) is 12.8. The summed E-state index contributed by atoms with van der Waals surface area (Å²) in [6, 6.07) is 6.50. The van der Waals surface area contributed by atoms with Gasteiger partial charge in [-0.3, -0.25) is 0 Å². The number of carbonyl (C=O) groups is 2. The van der Waals surface area contributed by atoms with Gasteiger partial charge in [-0.25, -0.2) is 9.59 Å². The average Bonchev–Trinajstić information content (AvgIpc) is 2.50. The van der Waals surface area contributed by atoms with Crippen molar-refractivity contribution in [3.63, 3.8) is 0 Å². The Hall–Kier alpha value is -1.88. The highest BCUT2D eigenvalue weighted by Crippen LogP contribution is 2.15. The number of hydrogen-bond donors (Lipinski definition) is 0. The van der Waals surface area contributed by atoms with Crippen molar-refractivity contribution in [2.24, 2.45) is 5.92 Å². The highest BCUT2D eigenvalue weighted by atomic mass is 16.6. The standard InChI is InChI=1S/C19H28O5/c1-13(2)11-22-17(20)15-9-7-8-10-16(15)18(21)24-14(3)12-23-19(4,5)6/h7-10,13-14H,11-12H2,1-6H3. The van der Waals surface area contributed by atoms with Gasteiger partial charge in [-0.2, -0.15) is 0 Å². The SMILES string of the molecule is CC(C)COC(=O)c1ccccc1C(=O)OC(C)COC(C)(C)C. The van der Waals surface area contributed by atoms with Gasteiger partial charge >= 0.3 is 11.9 Å². The Bertz CT molecular complexity index is 557. The topological polar surface area (TPSA) is 61.8 Å². The highest BCUT2D eigenvalue weighted by molar-refractivity contribution is 6.03. The molecule has 0 aliphatic heterocycles. The van der Waals surface area contributed by atoms with Gasteiger partial charge in [-0.05, 0) is 45.7 Å². The predicted octanol–water partition coefficient (Wildman–Crippen LogP) is 3.86. The lowest BCUT2D eigenvalue weighted by Gasteiger charge is -2.22. The van der Waals surface area contributed by atoms with Crippen molar-refractivity contribution in [3.8, 4) is 0 Å². The van der Waals surface area contributed by atoms with E-state index in [0.717, 1.165) is 0 Å². The van der Waals surface area contributed by atoms with E-state index < -0.39 is 18.0 Å². The summed E-state index contributed by atoms with van der Waals surface area (Å²) in [6.07, 6.45) is -0.420. The quantitative estimate of drug-likeness (QED) is 0.708. The van der Waals surface area contributed by atoms with Gasteiger partial charge in [-0.1, -0.05) is 26.0 Å². The Labute approximate surface area is 144 Å². The van der Waals surface area contributed by atoms with Crippen molar-refractivity contribution in [2.75, 3.05) is 13.2 Å². The summed E-state index contributed by atoms with van der Waals surface area (Å²) in [5.74, 6) is -0.852. The van der Waals surface area contributed by atoms with E-state index in [2.05, 4.69) is 0 Å². The van der Waals surface area contributed by atoms with Crippen LogP contribution in [0.5, 0.6) is 0 Å². The lowest BCUT2D eigenvalue weighted by molar-refractivity contribution is -0.0531. The van der Waals surface area contributed by atoms with Crippen LogP contribution in [-0.4, -0.2) is 36.9 Å². The number of benzene rings is 1. The summed E-state index contributed by atoms with van der Waals surface area (Å²) < 4.78 is 16.2. The van der Waals surface area contributed by atoms with Crippen molar-refractivity contribution < 1.29 is 23.8 Å². The molecule has 0 N–H and O–H groups in total. The van der Waals surface area contributed by atoms with Gasteiger partial charge in [-0.15, -0.1) is 0 Å². The van der Waals surface area contributed by atoms with E-state index in [-0.39, 0.29) is 29.3 Å². The van der Waals surface area contributed by atoms with Crippen LogP contribution in [0.2, 0.25) is 0 Å². The van der Waals surface area contributed by atoms with Crippen LogP contribution in [-0.2, 0) is 14.2 Å². The van der Waals surface area contributed by atoms with E-state index in [1.54, 1.807) is 31.2 Å². The molecule has 1 rings (SSSR count). The first-order valence-corrected chi connectivity index (χ1v) is 8.21. The van der Waals surface area contributed by atoms with E-state index >= 15 is 0 Å². The first-order chi connectivity index (χ1) is 11.1. The molecule has 0 fully saturated rings. The maximum absolute atomic E-state index is 12.4. The molecule has 0 heterocycles. The van der Waals surface area contributed by atoms with E-state index in [1.807, 2.05) is 34.6 Å². The minimum absolute atomic E-state index is 0.203. The fourth-order valence-corrected chi connectivity index (χ4v) is 1.81. The van der Waals surface area contributed by atoms with Crippen LogP contribution in [0.15, 0.2) is 24.3 Å². The smallest absolute Gasteiger partial charge is 0.339 e. The molecule has 0 radical (unpaired) electrons. The van der Waals surface area contributed by atoms with Crippen molar-refractivity contribution in [1.82, 2.24) is 0 Å². The van der Waals surface area contributed by atoms with Crippen molar-refractivity contribution >= 4 is 11.9 Å². The Morgan fingerprint density at radius 3 is 2.00 bits per heavy atom. The Kier molecular flexibility index (Phi) is 7.42. The fourth-order valence-electron chi connectivity index (χ4n) is 1.81. The van der Waals surface area contributed by atoms with Gasteiger partial charge < -0.3 is 14.2 Å². The molecule has 0 saturated carbocycles. The molecule has 24 heavy (non-hydrogen) atoms. The molecule has 0 amide bonds. The van der Waals surface area contributed by atoms with Gasteiger partial charge in [0, 0.05) is 0 Å². The highest BCUT2D eigenvalue weighted by Gasteiger charge is 2.22. The van der Waals surface area contributed by atoms with E-state index in [9.17, 15) is 9.59 Å². The van der Waals surface area contributed by atoms with Crippen LogP contribution < -0.4 is 0 Å². The summed E-state index contributed by atoms with van der Waals surface area (Å²) in [4.78, 5) is 24.5. The molecule has 1 atom stereocenters. The van der Waals surface area contributed by atoms with Crippen LogP contribution in [0.3, 0.4) is 0 Å². The lowest BCUT2D eigenvalue weighted by Crippen LogP contribution is -2.28. The third kappa shape index (κ3) is 7.13. The third-order valence-corrected chi connectivity index (χ3v) is 2.97. The molecule has 0 aliphatic rings. The number of esters is 2. The second kappa shape index (κ2) is 8.83. The van der Waals surface area contributed by atoms with Crippen molar-refractivity contribution in [1.29, 1.82) is 0 Å². The van der Waals surface area contributed by atoms with E-state index in [4.69, 9.17) is 14.2 Å². The summed E-state index contributed by atoms with van der Waals surface area (Å²) >= 11 is 0. The molecule has 0 spiro atoms. The molecule has 0 saturated heterocycles. The molecule has 0 bridgehead atoms. The summed E-state index contributed by atoms with van der Waals surface area (Å²) in [6.45, 7) is 12.0. The molecule has 1 unspecified atom stereocenters. The van der Waals surface area contributed by atoms with Crippen LogP contribution in [0, 0.1) is 5.92 Å². The molecule has 0 aliphatic carbocycles. The number of ether oxygens (including phenoxy) is 3. The van der Waals surface area contributed by atoms with E-state index in [0.29, 0.717) is 6.61 Å². The molecule has 5 nitrogen and oxygen atoms in total. The number of carbonyl (C=O) groups excluding carboxylic acids is 2. The fraction of sp³-hybridized carbons (Fsp3) is 0.579. The minimum Gasteiger partial charge on any atom is -0.462 e.